The van der Waals surface area contributed by atoms with Gasteiger partial charge in [0.15, 0.2) is 0 Å². The molecule has 3 heteroatoms. The molecule has 0 spiro atoms. The number of nitrogens with zero attached hydrogens (tertiary/aromatic N) is 1. The van der Waals surface area contributed by atoms with Crippen LogP contribution >= 0.6 is 9.24 Å². The van der Waals surface area contributed by atoms with Crippen LogP contribution in [0.2, 0.25) is 0 Å². The Morgan fingerprint density at radius 2 is 1.60 bits per heavy atom. The van der Waals surface area contributed by atoms with Crippen molar-refractivity contribution in [2.75, 3.05) is 0 Å². The monoisotopic (exact) mass is 354 g/mol. The van der Waals surface area contributed by atoms with Gasteiger partial charge in [-0.2, -0.15) is 5.11 Å². The first kappa shape index (κ1) is 23.0. The minimum atomic E-state index is -0.193. The molecule has 0 fully saturated rings. The van der Waals surface area contributed by atoms with Crippen molar-refractivity contribution in [3.63, 3.8) is 0 Å². The molecule has 0 amide bonds. The Hall–Kier alpha value is -2.05. The second-order valence-corrected chi connectivity index (χ2v) is 5.81. The van der Waals surface area contributed by atoms with Crippen molar-refractivity contribution in [2.45, 2.75) is 40.7 Å². The molecular weight excluding hydrogens is 323 g/mol. The van der Waals surface area contributed by atoms with Gasteiger partial charge in [0.2, 0.25) is 0 Å². The van der Waals surface area contributed by atoms with Gasteiger partial charge in [0.05, 0.1) is 0 Å². The lowest BCUT2D eigenvalue weighted by atomic mass is 10.00. The topological polar surface area (TPSA) is 36.2 Å². The molecule has 1 N–H and O–H groups in total. The predicted octanol–water partition coefficient (Wildman–Crippen LogP) is 6.86. The van der Waals surface area contributed by atoms with Crippen molar-refractivity contribution >= 4 is 14.5 Å². The van der Waals surface area contributed by atoms with Gasteiger partial charge in [-0.3, -0.25) is 0 Å². The number of nitrogens with one attached hydrogen (secondary N) is 1. The Kier molecular flexibility index (Phi) is 13.1. The van der Waals surface area contributed by atoms with Crippen molar-refractivity contribution in [2.24, 2.45) is 5.11 Å². The first-order chi connectivity index (χ1) is 12.1. The van der Waals surface area contributed by atoms with Crippen molar-refractivity contribution in [1.82, 2.24) is 0 Å². The molecule has 0 aliphatic rings. The van der Waals surface area contributed by atoms with Gasteiger partial charge >= 0.3 is 0 Å². The van der Waals surface area contributed by atoms with Crippen LogP contribution in [0.3, 0.4) is 0 Å². The van der Waals surface area contributed by atoms with Crippen molar-refractivity contribution < 1.29 is 0 Å². The van der Waals surface area contributed by atoms with Crippen LogP contribution in [0.25, 0.3) is 0 Å². The molecule has 0 radical (unpaired) electrons. The lowest BCUT2D eigenvalue weighted by Crippen LogP contribution is -2.00. The van der Waals surface area contributed by atoms with Crippen LogP contribution in [-0.2, 0) is 0 Å². The maximum Gasteiger partial charge on any atom is 0.121 e. The predicted molar refractivity (Wildman–Crippen MR) is 115 cm³/mol. The normalized spacial score (nSPS) is 11.7. The van der Waals surface area contributed by atoms with Crippen molar-refractivity contribution in [1.29, 1.82) is 5.53 Å². The van der Waals surface area contributed by atoms with E-state index in [9.17, 15) is 0 Å². The summed E-state index contributed by atoms with van der Waals surface area (Å²) in [6.45, 7) is 10.1. The Bertz CT molecular complexity index is 661. The third-order valence-electron chi connectivity index (χ3n) is 3.36. The largest absolute Gasteiger partial charge is 0.209 e. The molecule has 0 bridgehead atoms. The number of hydrogen-bond acceptors (Lipinski definition) is 2. The highest BCUT2D eigenvalue weighted by Gasteiger charge is 2.11. The van der Waals surface area contributed by atoms with Crippen LogP contribution in [0.4, 0.5) is 0 Å². The number of allylic oxidation sites excluding steroid dienone is 4. The summed E-state index contributed by atoms with van der Waals surface area (Å²) in [6.07, 6.45) is 6.20. The van der Waals surface area contributed by atoms with E-state index in [1.165, 1.54) is 5.57 Å². The van der Waals surface area contributed by atoms with Gasteiger partial charge in [-0.05, 0) is 43.3 Å². The van der Waals surface area contributed by atoms with Gasteiger partial charge in [-0.15, -0.1) is 9.24 Å². The summed E-state index contributed by atoms with van der Waals surface area (Å²) in [5.74, 6) is 0. The molecule has 0 heterocycles. The quantitative estimate of drug-likeness (QED) is 0.354. The average Bonchev–Trinajstić information content (AvgIpc) is 2.66. The summed E-state index contributed by atoms with van der Waals surface area (Å²) in [4.78, 5) is 0. The second kappa shape index (κ2) is 14.3. The summed E-state index contributed by atoms with van der Waals surface area (Å²) in [5.41, 5.74) is 10.7. The molecule has 25 heavy (non-hydrogen) atoms. The highest BCUT2D eigenvalue weighted by atomic mass is 31.0. The molecule has 2 aromatic carbocycles. The molecule has 2 unspecified atom stereocenters. The van der Waals surface area contributed by atoms with Crippen LogP contribution in [-0.4, -0.2) is 0 Å². The van der Waals surface area contributed by atoms with Crippen LogP contribution in [0, 0.1) is 5.53 Å². The molecule has 0 saturated carbocycles. The maximum absolute atomic E-state index is 7.32. The SMILES string of the molecule is C/C=C\C(C)=C/C.CC.N=NC(c1ccccc1)c1cccc(P)c1. The molecule has 0 aliphatic heterocycles. The molecular formula is C22H31N2P. The molecule has 134 valence electrons. The molecule has 0 saturated heterocycles. The van der Waals surface area contributed by atoms with E-state index in [0.717, 1.165) is 16.4 Å². The van der Waals surface area contributed by atoms with Gasteiger partial charge in [-0.25, -0.2) is 5.53 Å². The lowest BCUT2D eigenvalue weighted by molar-refractivity contribution is 0.776. The standard InChI is InChI=1S/C13H13N2P.C7H12.C2H6/c14-15-13(10-5-2-1-3-6-10)11-7-4-8-12(16)9-11;1-4-6-7(3)5-2;1-2/h1-9,13-14H,16H2;4-6H,1-3H3;1-2H3/b;6-4-,7-5-;. The van der Waals surface area contributed by atoms with Gasteiger partial charge < -0.3 is 0 Å². The van der Waals surface area contributed by atoms with Crippen LogP contribution in [0.5, 0.6) is 0 Å². The Labute approximate surface area is 155 Å². The van der Waals surface area contributed by atoms with E-state index < -0.39 is 0 Å². The van der Waals surface area contributed by atoms with Gasteiger partial charge in [-0.1, -0.05) is 86.2 Å². The number of rotatable bonds is 4. The zero-order valence-electron chi connectivity index (χ0n) is 16.0. The molecule has 0 aliphatic carbocycles. The van der Waals surface area contributed by atoms with E-state index in [2.05, 4.69) is 33.4 Å². The first-order valence-electron chi connectivity index (χ1n) is 8.65. The minimum Gasteiger partial charge on any atom is -0.209 e. The van der Waals surface area contributed by atoms with E-state index in [1.54, 1.807) is 0 Å². The lowest BCUT2D eigenvalue weighted by Gasteiger charge is -2.11. The smallest absolute Gasteiger partial charge is 0.121 e. The molecule has 2 rings (SSSR count). The van der Waals surface area contributed by atoms with Crippen LogP contribution in [0.15, 0.2) is 83.5 Å². The van der Waals surface area contributed by atoms with E-state index in [1.807, 2.05) is 88.4 Å². The Balaban J connectivity index is 0.000000544. The summed E-state index contributed by atoms with van der Waals surface area (Å²) in [6, 6.07) is 17.8. The van der Waals surface area contributed by atoms with Crippen LogP contribution < -0.4 is 5.30 Å². The third-order valence-corrected chi connectivity index (χ3v) is 3.71. The van der Waals surface area contributed by atoms with Crippen molar-refractivity contribution in [3.05, 3.63) is 89.5 Å². The van der Waals surface area contributed by atoms with Crippen molar-refractivity contribution in [3.8, 4) is 0 Å². The Morgan fingerprint density at radius 1 is 1.00 bits per heavy atom. The van der Waals surface area contributed by atoms with Gasteiger partial charge in [0.1, 0.15) is 6.04 Å². The fourth-order valence-electron chi connectivity index (χ4n) is 2.07. The summed E-state index contributed by atoms with van der Waals surface area (Å²) in [5, 5.41) is 4.82. The maximum atomic E-state index is 7.32. The summed E-state index contributed by atoms with van der Waals surface area (Å²) < 4.78 is 0. The highest BCUT2D eigenvalue weighted by Crippen LogP contribution is 2.25. The van der Waals surface area contributed by atoms with Gasteiger partial charge in [0, 0.05) is 0 Å². The van der Waals surface area contributed by atoms with E-state index >= 15 is 0 Å². The highest BCUT2D eigenvalue weighted by molar-refractivity contribution is 7.27. The first-order valence-corrected chi connectivity index (χ1v) is 9.22. The van der Waals surface area contributed by atoms with E-state index in [4.69, 9.17) is 5.53 Å². The molecule has 2 nitrogen and oxygen atoms in total. The Morgan fingerprint density at radius 3 is 2.04 bits per heavy atom. The molecule has 0 aromatic heterocycles. The van der Waals surface area contributed by atoms with Gasteiger partial charge in [0.25, 0.3) is 0 Å². The van der Waals surface area contributed by atoms with E-state index in [0.29, 0.717) is 0 Å². The average molecular weight is 354 g/mol. The molecule has 2 aromatic rings. The van der Waals surface area contributed by atoms with Crippen LogP contribution in [0.1, 0.15) is 51.8 Å². The third kappa shape index (κ3) is 9.12. The van der Waals surface area contributed by atoms with E-state index in [-0.39, 0.29) is 6.04 Å². The number of benzene rings is 2. The number of hydrogen-bond donors (Lipinski definition) is 1. The fraction of sp³-hybridized carbons (Fsp3) is 0.273. The fourth-order valence-corrected chi connectivity index (χ4v) is 2.37. The summed E-state index contributed by atoms with van der Waals surface area (Å²) >= 11 is 0. The molecule has 2 atom stereocenters. The minimum absolute atomic E-state index is 0.193. The summed E-state index contributed by atoms with van der Waals surface area (Å²) in [7, 11) is 2.66. The zero-order chi connectivity index (χ0) is 19.1. The zero-order valence-corrected chi connectivity index (χ0v) is 17.2. The second-order valence-electron chi connectivity index (χ2n) is 5.15.